The van der Waals surface area contributed by atoms with Crippen LogP contribution in [0.2, 0.25) is 5.02 Å². The minimum atomic E-state index is -0.442. The molecule has 1 aromatic heterocycles. The Bertz CT molecular complexity index is 1100. The van der Waals surface area contributed by atoms with E-state index in [4.69, 9.17) is 16.0 Å². The van der Waals surface area contributed by atoms with Crippen molar-refractivity contribution in [3.8, 4) is 11.3 Å². The number of aliphatic hydroxyl groups is 1. The van der Waals surface area contributed by atoms with E-state index in [9.17, 15) is 9.90 Å². The predicted molar refractivity (Wildman–Crippen MR) is 118 cm³/mol. The van der Waals surface area contributed by atoms with Gasteiger partial charge in [0.25, 0.3) is 0 Å². The molecular weight excluding hydrogens is 398 g/mol. The van der Waals surface area contributed by atoms with Gasteiger partial charge in [-0.15, -0.1) is 0 Å². The summed E-state index contributed by atoms with van der Waals surface area (Å²) in [5.41, 5.74) is 3.11. The fourth-order valence-corrected chi connectivity index (χ4v) is 3.67. The maximum atomic E-state index is 13.2. The summed E-state index contributed by atoms with van der Waals surface area (Å²) in [7, 11) is 0. The summed E-state index contributed by atoms with van der Waals surface area (Å²) in [6.45, 7) is -0.174. The van der Waals surface area contributed by atoms with Crippen molar-refractivity contribution in [3.63, 3.8) is 0 Å². The van der Waals surface area contributed by atoms with Crippen molar-refractivity contribution in [3.05, 3.63) is 113 Å². The molecule has 150 valence electrons. The number of benzene rings is 3. The standard InChI is InChI=1S/C25H20ClNO3/c26-22-15-19(11-13-21(22)23-14-12-20(16-28)30-23)27-25(29)24(17-7-3-1-4-8-17)18-9-5-2-6-10-18/h1-15,24,28H,16H2,(H,27,29). The van der Waals surface area contributed by atoms with Crippen LogP contribution in [0.25, 0.3) is 11.3 Å². The lowest BCUT2D eigenvalue weighted by molar-refractivity contribution is -0.116. The number of furan rings is 1. The van der Waals surface area contributed by atoms with Gasteiger partial charge < -0.3 is 14.8 Å². The van der Waals surface area contributed by atoms with Crippen LogP contribution in [0.15, 0.2) is 95.4 Å². The van der Waals surface area contributed by atoms with E-state index in [0.717, 1.165) is 11.1 Å². The highest BCUT2D eigenvalue weighted by atomic mass is 35.5. The third-order valence-corrected chi connectivity index (χ3v) is 5.16. The lowest BCUT2D eigenvalue weighted by Crippen LogP contribution is -2.22. The summed E-state index contributed by atoms with van der Waals surface area (Å²) in [5, 5.41) is 12.6. The molecule has 1 amide bonds. The molecule has 0 aliphatic rings. The summed E-state index contributed by atoms with van der Waals surface area (Å²) in [5.74, 6) is 0.445. The van der Waals surface area contributed by atoms with Gasteiger partial charge in [0.2, 0.25) is 5.91 Å². The molecule has 0 bridgehead atoms. The molecule has 4 nitrogen and oxygen atoms in total. The van der Waals surface area contributed by atoms with Gasteiger partial charge >= 0.3 is 0 Å². The van der Waals surface area contributed by atoms with E-state index in [1.165, 1.54) is 0 Å². The Morgan fingerprint density at radius 3 is 2.07 bits per heavy atom. The molecule has 0 spiro atoms. The Morgan fingerprint density at radius 2 is 1.53 bits per heavy atom. The first kappa shape index (κ1) is 20.0. The largest absolute Gasteiger partial charge is 0.459 e. The molecule has 1 heterocycles. The van der Waals surface area contributed by atoms with E-state index in [-0.39, 0.29) is 12.5 Å². The van der Waals surface area contributed by atoms with Crippen molar-refractivity contribution >= 4 is 23.2 Å². The Hall–Kier alpha value is -3.34. The summed E-state index contributed by atoms with van der Waals surface area (Å²) >= 11 is 6.44. The van der Waals surface area contributed by atoms with E-state index < -0.39 is 5.92 Å². The van der Waals surface area contributed by atoms with Crippen molar-refractivity contribution in [1.82, 2.24) is 0 Å². The molecule has 0 radical (unpaired) electrons. The fraction of sp³-hybridized carbons (Fsp3) is 0.0800. The number of carbonyl (C=O) groups is 1. The van der Waals surface area contributed by atoms with Crippen LogP contribution < -0.4 is 5.32 Å². The molecule has 0 aliphatic carbocycles. The van der Waals surface area contributed by atoms with Gasteiger partial charge in [-0.3, -0.25) is 4.79 Å². The topological polar surface area (TPSA) is 62.5 Å². The van der Waals surface area contributed by atoms with Crippen molar-refractivity contribution in [1.29, 1.82) is 0 Å². The number of aliphatic hydroxyl groups excluding tert-OH is 1. The highest BCUT2D eigenvalue weighted by molar-refractivity contribution is 6.33. The second-order valence-corrected chi connectivity index (χ2v) is 7.27. The number of rotatable bonds is 6. The average Bonchev–Trinajstić information content (AvgIpc) is 3.24. The molecule has 0 atom stereocenters. The number of halogens is 1. The third kappa shape index (κ3) is 4.30. The van der Waals surface area contributed by atoms with E-state index >= 15 is 0 Å². The third-order valence-electron chi connectivity index (χ3n) is 4.85. The molecule has 4 aromatic rings. The highest BCUT2D eigenvalue weighted by Gasteiger charge is 2.23. The van der Waals surface area contributed by atoms with Crippen LogP contribution >= 0.6 is 11.6 Å². The second kappa shape index (κ2) is 8.99. The Labute approximate surface area is 179 Å². The number of nitrogens with one attached hydrogen (secondary N) is 1. The van der Waals surface area contributed by atoms with Gasteiger partial charge in [0.05, 0.1) is 10.9 Å². The zero-order valence-electron chi connectivity index (χ0n) is 16.1. The van der Waals surface area contributed by atoms with Gasteiger partial charge in [-0.2, -0.15) is 0 Å². The van der Waals surface area contributed by atoms with Crippen molar-refractivity contribution in [2.75, 3.05) is 5.32 Å². The molecule has 0 aliphatic heterocycles. The van der Waals surface area contributed by atoms with Crippen LogP contribution in [0.4, 0.5) is 5.69 Å². The van der Waals surface area contributed by atoms with E-state index in [2.05, 4.69) is 5.32 Å². The number of amides is 1. The molecule has 0 saturated carbocycles. The molecule has 0 fully saturated rings. The number of carbonyl (C=O) groups excluding carboxylic acids is 1. The molecular formula is C25H20ClNO3. The first-order valence-electron chi connectivity index (χ1n) is 9.56. The van der Waals surface area contributed by atoms with Crippen LogP contribution in [0.5, 0.6) is 0 Å². The molecule has 3 aromatic carbocycles. The molecule has 0 saturated heterocycles. The highest BCUT2D eigenvalue weighted by Crippen LogP contribution is 2.33. The zero-order valence-corrected chi connectivity index (χ0v) is 16.8. The maximum absolute atomic E-state index is 13.2. The lowest BCUT2D eigenvalue weighted by Gasteiger charge is -2.18. The second-order valence-electron chi connectivity index (χ2n) is 6.86. The van der Waals surface area contributed by atoms with Gasteiger partial charge in [0, 0.05) is 11.3 Å². The van der Waals surface area contributed by atoms with E-state index in [1.54, 1.807) is 30.3 Å². The Balaban J connectivity index is 1.60. The number of hydrogen-bond acceptors (Lipinski definition) is 3. The van der Waals surface area contributed by atoms with Crippen molar-refractivity contribution < 1.29 is 14.3 Å². The fourth-order valence-electron chi connectivity index (χ4n) is 3.40. The maximum Gasteiger partial charge on any atom is 0.236 e. The van der Waals surface area contributed by atoms with Crippen molar-refractivity contribution in [2.24, 2.45) is 0 Å². The summed E-state index contributed by atoms with van der Waals surface area (Å²) in [6, 6.07) is 28.1. The van der Waals surface area contributed by atoms with Gasteiger partial charge in [-0.05, 0) is 41.5 Å². The summed E-state index contributed by atoms with van der Waals surface area (Å²) in [4.78, 5) is 13.2. The van der Waals surface area contributed by atoms with Gasteiger partial charge in [0.15, 0.2) is 0 Å². The molecule has 2 N–H and O–H groups in total. The van der Waals surface area contributed by atoms with E-state index in [1.807, 2.05) is 60.7 Å². The predicted octanol–water partition coefficient (Wildman–Crippen LogP) is 5.86. The molecule has 30 heavy (non-hydrogen) atoms. The molecule has 0 unspecified atom stereocenters. The van der Waals surface area contributed by atoms with Gasteiger partial charge in [0.1, 0.15) is 18.1 Å². The molecule has 4 rings (SSSR count). The quantitative estimate of drug-likeness (QED) is 0.413. The first-order chi connectivity index (χ1) is 14.7. The van der Waals surface area contributed by atoms with Gasteiger partial charge in [-0.25, -0.2) is 0 Å². The van der Waals surface area contributed by atoms with Crippen LogP contribution in [-0.4, -0.2) is 11.0 Å². The summed E-state index contributed by atoms with van der Waals surface area (Å²) < 4.78 is 5.55. The Morgan fingerprint density at radius 1 is 0.900 bits per heavy atom. The SMILES string of the molecule is O=C(Nc1ccc(-c2ccc(CO)o2)c(Cl)c1)C(c1ccccc1)c1ccccc1. The average molecular weight is 418 g/mol. The first-order valence-corrected chi connectivity index (χ1v) is 9.94. The zero-order chi connectivity index (χ0) is 20.9. The van der Waals surface area contributed by atoms with Crippen molar-refractivity contribution in [2.45, 2.75) is 12.5 Å². The number of hydrogen-bond donors (Lipinski definition) is 2. The summed E-state index contributed by atoms with van der Waals surface area (Å²) in [6.07, 6.45) is 0. The smallest absolute Gasteiger partial charge is 0.236 e. The van der Waals surface area contributed by atoms with E-state index in [0.29, 0.717) is 27.8 Å². The Kier molecular flexibility index (Phi) is 5.98. The lowest BCUT2D eigenvalue weighted by atomic mass is 9.90. The van der Waals surface area contributed by atoms with Crippen LogP contribution in [0.3, 0.4) is 0 Å². The minimum absolute atomic E-state index is 0.142. The number of anilines is 1. The van der Waals surface area contributed by atoms with Crippen LogP contribution in [0.1, 0.15) is 22.8 Å². The van der Waals surface area contributed by atoms with Crippen LogP contribution in [-0.2, 0) is 11.4 Å². The monoisotopic (exact) mass is 417 g/mol. The van der Waals surface area contributed by atoms with Crippen LogP contribution in [0, 0.1) is 0 Å². The molecule has 5 heteroatoms. The normalized spacial score (nSPS) is 10.9. The minimum Gasteiger partial charge on any atom is -0.459 e. The van der Waals surface area contributed by atoms with Gasteiger partial charge in [-0.1, -0.05) is 72.3 Å².